The largest absolute Gasteiger partial charge is 0.326 e. The number of rotatable bonds is 6. The maximum atomic E-state index is 12.0. The molecule has 0 aromatic heterocycles. The van der Waals surface area contributed by atoms with Crippen LogP contribution in [0.15, 0.2) is 54.6 Å². The Bertz CT molecular complexity index is 655. The van der Waals surface area contributed by atoms with E-state index in [1.807, 2.05) is 42.5 Å². The molecule has 0 atom stereocenters. The van der Waals surface area contributed by atoms with Gasteiger partial charge in [-0.25, -0.2) is 13.1 Å². The standard InChI is InChI=1S/C15H18N2O2S/c16-10-14-8-4-5-9-15(14)11-17-20(18,19)12-13-6-2-1-3-7-13/h1-9,17H,10-12,16H2. The lowest BCUT2D eigenvalue weighted by Crippen LogP contribution is -2.25. The van der Waals surface area contributed by atoms with Gasteiger partial charge in [-0.15, -0.1) is 0 Å². The van der Waals surface area contributed by atoms with Crippen LogP contribution in [0.1, 0.15) is 16.7 Å². The predicted octanol–water partition coefficient (Wildman–Crippen LogP) is 1.76. The molecule has 0 radical (unpaired) electrons. The molecule has 20 heavy (non-hydrogen) atoms. The molecule has 2 aromatic carbocycles. The van der Waals surface area contributed by atoms with Gasteiger partial charge in [-0.2, -0.15) is 0 Å². The quantitative estimate of drug-likeness (QED) is 0.851. The molecule has 0 saturated heterocycles. The highest BCUT2D eigenvalue weighted by Gasteiger charge is 2.11. The molecular weight excluding hydrogens is 272 g/mol. The molecule has 2 aromatic rings. The van der Waals surface area contributed by atoms with Gasteiger partial charge < -0.3 is 5.73 Å². The fourth-order valence-corrected chi connectivity index (χ4v) is 3.07. The molecule has 0 bridgehead atoms. The van der Waals surface area contributed by atoms with Gasteiger partial charge in [0.2, 0.25) is 10.0 Å². The summed E-state index contributed by atoms with van der Waals surface area (Å²) >= 11 is 0. The fourth-order valence-electron chi connectivity index (χ4n) is 1.96. The van der Waals surface area contributed by atoms with Crippen LogP contribution in [0.2, 0.25) is 0 Å². The van der Waals surface area contributed by atoms with Gasteiger partial charge in [-0.1, -0.05) is 54.6 Å². The number of hydrogen-bond donors (Lipinski definition) is 2. The SMILES string of the molecule is NCc1ccccc1CNS(=O)(=O)Cc1ccccc1. The smallest absolute Gasteiger partial charge is 0.216 e. The number of nitrogens with one attached hydrogen (secondary N) is 1. The van der Waals surface area contributed by atoms with E-state index in [1.165, 1.54) is 0 Å². The Balaban J connectivity index is 2.02. The third-order valence-corrected chi connectivity index (χ3v) is 4.32. The van der Waals surface area contributed by atoms with Crippen molar-refractivity contribution in [3.8, 4) is 0 Å². The average Bonchev–Trinajstić information content (AvgIpc) is 2.46. The van der Waals surface area contributed by atoms with Crippen molar-refractivity contribution in [2.24, 2.45) is 5.73 Å². The minimum atomic E-state index is -3.35. The Morgan fingerprint density at radius 2 is 1.50 bits per heavy atom. The van der Waals surface area contributed by atoms with Crippen LogP contribution in [0.3, 0.4) is 0 Å². The lowest BCUT2D eigenvalue weighted by molar-refractivity contribution is 0.580. The summed E-state index contributed by atoms with van der Waals surface area (Å²) in [5.74, 6) is -0.0152. The van der Waals surface area contributed by atoms with E-state index in [4.69, 9.17) is 5.73 Å². The summed E-state index contributed by atoms with van der Waals surface area (Å²) in [6, 6.07) is 16.7. The molecule has 0 saturated carbocycles. The van der Waals surface area contributed by atoms with Crippen molar-refractivity contribution >= 4 is 10.0 Å². The first-order valence-corrected chi connectivity index (χ1v) is 8.04. The zero-order chi connectivity index (χ0) is 14.4. The van der Waals surface area contributed by atoms with Crippen LogP contribution in [0.4, 0.5) is 0 Å². The first-order chi connectivity index (χ1) is 9.61. The number of sulfonamides is 1. The zero-order valence-corrected chi connectivity index (χ0v) is 11.9. The minimum Gasteiger partial charge on any atom is -0.326 e. The second-order valence-electron chi connectivity index (χ2n) is 4.54. The summed E-state index contributed by atoms with van der Waals surface area (Å²) in [6.07, 6.45) is 0. The molecule has 0 heterocycles. The normalized spacial score (nSPS) is 11.4. The number of hydrogen-bond acceptors (Lipinski definition) is 3. The lowest BCUT2D eigenvalue weighted by atomic mass is 10.1. The van der Waals surface area contributed by atoms with Crippen molar-refractivity contribution in [2.75, 3.05) is 0 Å². The van der Waals surface area contributed by atoms with Crippen molar-refractivity contribution in [1.82, 2.24) is 4.72 Å². The van der Waals surface area contributed by atoms with Crippen molar-refractivity contribution in [3.63, 3.8) is 0 Å². The van der Waals surface area contributed by atoms with Crippen LogP contribution in [0.25, 0.3) is 0 Å². The van der Waals surface area contributed by atoms with Crippen molar-refractivity contribution < 1.29 is 8.42 Å². The van der Waals surface area contributed by atoms with Crippen LogP contribution in [-0.2, 0) is 28.9 Å². The molecular formula is C15H18N2O2S. The monoisotopic (exact) mass is 290 g/mol. The maximum absolute atomic E-state index is 12.0. The maximum Gasteiger partial charge on any atom is 0.216 e. The summed E-state index contributed by atoms with van der Waals surface area (Å²) in [5.41, 5.74) is 8.27. The highest BCUT2D eigenvalue weighted by molar-refractivity contribution is 7.88. The number of nitrogens with two attached hydrogens (primary N) is 1. The van der Waals surface area contributed by atoms with E-state index in [-0.39, 0.29) is 12.3 Å². The van der Waals surface area contributed by atoms with Gasteiger partial charge in [-0.3, -0.25) is 0 Å². The van der Waals surface area contributed by atoms with Crippen molar-refractivity contribution in [2.45, 2.75) is 18.8 Å². The summed E-state index contributed by atoms with van der Waals surface area (Å²) in [4.78, 5) is 0. The first kappa shape index (κ1) is 14.7. The lowest BCUT2D eigenvalue weighted by Gasteiger charge is -2.10. The third kappa shape index (κ3) is 4.16. The molecule has 0 spiro atoms. The fraction of sp³-hybridized carbons (Fsp3) is 0.200. The molecule has 4 nitrogen and oxygen atoms in total. The van der Waals surface area contributed by atoms with Gasteiger partial charge in [-0.05, 0) is 16.7 Å². The highest BCUT2D eigenvalue weighted by atomic mass is 32.2. The van der Waals surface area contributed by atoms with Gasteiger partial charge in [0.15, 0.2) is 0 Å². The summed E-state index contributed by atoms with van der Waals surface area (Å²) in [7, 11) is -3.35. The van der Waals surface area contributed by atoms with Gasteiger partial charge >= 0.3 is 0 Å². The van der Waals surface area contributed by atoms with Crippen LogP contribution in [0, 0.1) is 0 Å². The van der Waals surface area contributed by atoms with E-state index in [1.54, 1.807) is 12.1 Å². The van der Waals surface area contributed by atoms with Gasteiger partial charge in [0.05, 0.1) is 5.75 Å². The second kappa shape index (κ2) is 6.65. The molecule has 3 N–H and O–H groups in total. The highest BCUT2D eigenvalue weighted by Crippen LogP contribution is 2.09. The first-order valence-electron chi connectivity index (χ1n) is 6.39. The van der Waals surface area contributed by atoms with Gasteiger partial charge in [0.1, 0.15) is 0 Å². The molecule has 106 valence electrons. The van der Waals surface area contributed by atoms with Gasteiger partial charge in [0, 0.05) is 13.1 Å². The van der Waals surface area contributed by atoms with Crippen LogP contribution >= 0.6 is 0 Å². The van der Waals surface area contributed by atoms with Crippen LogP contribution < -0.4 is 10.5 Å². The summed E-state index contributed by atoms with van der Waals surface area (Å²) < 4.78 is 26.7. The Morgan fingerprint density at radius 1 is 0.900 bits per heavy atom. The Morgan fingerprint density at radius 3 is 2.15 bits per heavy atom. The number of benzene rings is 2. The van der Waals surface area contributed by atoms with E-state index in [0.717, 1.165) is 16.7 Å². The molecule has 5 heteroatoms. The predicted molar refractivity (Wildman–Crippen MR) is 80.2 cm³/mol. The Kier molecular flexibility index (Phi) is 4.89. The third-order valence-electron chi connectivity index (χ3n) is 3.02. The minimum absolute atomic E-state index is 0.0152. The van der Waals surface area contributed by atoms with E-state index in [0.29, 0.717) is 6.54 Å². The second-order valence-corrected chi connectivity index (χ2v) is 6.35. The van der Waals surface area contributed by atoms with Crippen LogP contribution in [0.5, 0.6) is 0 Å². The van der Waals surface area contributed by atoms with Gasteiger partial charge in [0.25, 0.3) is 0 Å². The summed E-state index contributed by atoms with van der Waals surface area (Å²) in [5, 5.41) is 0. The van der Waals surface area contributed by atoms with E-state index >= 15 is 0 Å². The Labute approximate surface area is 119 Å². The molecule has 0 aliphatic carbocycles. The van der Waals surface area contributed by atoms with Crippen molar-refractivity contribution in [3.05, 3.63) is 71.3 Å². The average molecular weight is 290 g/mol. The van der Waals surface area contributed by atoms with E-state index < -0.39 is 10.0 Å². The molecule has 0 aliphatic rings. The summed E-state index contributed by atoms with van der Waals surface area (Å²) in [6.45, 7) is 0.666. The van der Waals surface area contributed by atoms with E-state index in [2.05, 4.69) is 4.72 Å². The molecule has 0 unspecified atom stereocenters. The Hall–Kier alpha value is -1.69. The zero-order valence-electron chi connectivity index (χ0n) is 11.1. The molecule has 0 aliphatic heterocycles. The van der Waals surface area contributed by atoms with Crippen LogP contribution in [-0.4, -0.2) is 8.42 Å². The molecule has 0 fully saturated rings. The molecule has 2 rings (SSSR count). The van der Waals surface area contributed by atoms with E-state index in [9.17, 15) is 8.42 Å². The van der Waals surface area contributed by atoms with Crippen molar-refractivity contribution in [1.29, 1.82) is 0 Å². The molecule has 0 amide bonds. The topological polar surface area (TPSA) is 72.2 Å².